The van der Waals surface area contributed by atoms with Crippen LogP contribution in [0.5, 0.6) is 0 Å². The number of nitrogens with one attached hydrogen (secondary N) is 1. The van der Waals surface area contributed by atoms with Crippen molar-refractivity contribution in [1.82, 2.24) is 4.90 Å². The number of hydrogen-bond donors (Lipinski definition) is 1. The van der Waals surface area contributed by atoms with Crippen molar-refractivity contribution in [2.45, 2.75) is 12.8 Å². The minimum atomic E-state index is -0.246. The number of amides is 2. The Morgan fingerprint density at radius 3 is 2.52 bits per heavy atom. The van der Waals surface area contributed by atoms with E-state index in [1.54, 1.807) is 44.4 Å². The van der Waals surface area contributed by atoms with Gasteiger partial charge in [0.2, 0.25) is 5.91 Å². The molecule has 0 aliphatic heterocycles. The van der Waals surface area contributed by atoms with Crippen LogP contribution in [-0.4, -0.2) is 36.6 Å². The maximum absolute atomic E-state index is 11.9. The van der Waals surface area contributed by atoms with Crippen LogP contribution >= 0.6 is 11.3 Å². The minimum absolute atomic E-state index is 0.0355. The molecule has 0 aliphatic carbocycles. The van der Waals surface area contributed by atoms with E-state index in [0.29, 0.717) is 16.1 Å². The van der Waals surface area contributed by atoms with Crippen LogP contribution in [0.3, 0.4) is 0 Å². The predicted octanol–water partition coefficient (Wildman–Crippen LogP) is 3.05. The van der Waals surface area contributed by atoms with Crippen molar-refractivity contribution in [3.8, 4) is 0 Å². The second kappa shape index (κ2) is 7.69. The van der Waals surface area contributed by atoms with E-state index >= 15 is 0 Å². The maximum Gasteiger partial charge on any atom is 0.253 e. The number of ketones is 1. The summed E-state index contributed by atoms with van der Waals surface area (Å²) in [5, 5.41) is 4.55. The lowest BCUT2D eigenvalue weighted by Crippen LogP contribution is -2.22. The highest BCUT2D eigenvalue weighted by atomic mass is 32.1. The lowest BCUT2D eigenvalue weighted by Gasteiger charge is -2.11. The molecule has 0 saturated carbocycles. The zero-order valence-corrected chi connectivity index (χ0v) is 13.9. The van der Waals surface area contributed by atoms with E-state index in [2.05, 4.69) is 5.32 Å². The Kier molecular flexibility index (Phi) is 5.65. The first-order valence-corrected chi connectivity index (χ1v) is 8.03. The predicted molar refractivity (Wildman–Crippen MR) is 91.0 cm³/mol. The molecule has 0 bridgehead atoms. The molecule has 2 amide bonds. The van der Waals surface area contributed by atoms with Crippen LogP contribution < -0.4 is 5.32 Å². The number of rotatable bonds is 6. The SMILES string of the molecule is CN(C)C(=O)c1cccc(NC(=O)CCC(=O)c2cccs2)c1. The van der Waals surface area contributed by atoms with Gasteiger partial charge in [-0.3, -0.25) is 14.4 Å². The number of carbonyl (C=O) groups is 3. The van der Waals surface area contributed by atoms with E-state index in [0.717, 1.165) is 0 Å². The molecule has 0 radical (unpaired) electrons. The third kappa shape index (κ3) is 4.75. The number of anilines is 1. The van der Waals surface area contributed by atoms with E-state index in [1.165, 1.54) is 16.2 Å². The van der Waals surface area contributed by atoms with Crippen LogP contribution in [0.15, 0.2) is 41.8 Å². The molecule has 2 aromatic rings. The molecule has 5 nitrogen and oxygen atoms in total. The van der Waals surface area contributed by atoms with Crippen molar-refractivity contribution < 1.29 is 14.4 Å². The topological polar surface area (TPSA) is 66.5 Å². The molecule has 1 aromatic heterocycles. The number of Topliss-reactive ketones (excluding diaryl/α,β-unsaturated/α-hetero) is 1. The molecule has 0 spiro atoms. The molecule has 0 unspecified atom stereocenters. The third-order valence-corrected chi connectivity index (χ3v) is 4.09. The van der Waals surface area contributed by atoms with E-state index in [-0.39, 0.29) is 30.4 Å². The quantitative estimate of drug-likeness (QED) is 0.828. The lowest BCUT2D eigenvalue weighted by molar-refractivity contribution is -0.116. The van der Waals surface area contributed by atoms with Gasteiger partial charge in [-0.2, -0.15) is 0 Å². The average Bonchev–Trinajstić information content (AvgIpc) is 3.06. The van der Waals surface area contributed by atoms with Gasteiger partial charge in [-0.25, -0.2) is 0 Å². The fraction of sp³-hybridized carbons (Fsp3) is 0.235. The molecule has 1 aromatic carbocycles. The lowest BCUT2D eigenvalue weighted by atomic mass is 10.1. The van der Waals surface area contributed by atoms with E-state index in [4.69, 9.17) is 0 Å². The fourth-order valence-electron chi connectivity index (χ4n) is 2.00. The summed E-state index contributed by atoms with van der Waals surface area (Å²) in [6.07, 6.45) is 0.283. The minimum Gasteiger partial charge on any atom is -0.345 e. The average molecular weight is 330 g/mol. The molecule has 0 saturated heterocycles. The molecule has 0 fully saturated rings. The van der Waals surface area contributed by atoms with Gasteiger partial charge in [-0.1, -0.05) is 12.1 Å². The normalized spacial score (nSPS) is 10.2. The molecule has 23 heavy (non-hydrogen) atoms. The molecular formula is C17H18N2O3S. The smallest absolute Gasteiger partial charge is 0.253 e. The van der Waals surface area contributed by atoms with Crippen LogP contribution in [0.2, 0.25) is 0 Å². The summed E-state index contributed by atoms with van der Waals surface area (Å²) in [7, 11) is 3.34. The summed E-state index contributed by atoms with van der Waals surface area (Å²) < 4.78 is 0. The Hall–Kier alpha value is -2.47. The Bertz CT molecular complexity index is 708. The Balaban J connectivity index is 1.91. The van der Waals surface area contributed by atoms with Crippen molar-refractivity contribution in [2.24, 2.45) is 0 Å². The van der Waals surface area contributed by atoms with Crippen LogP contribution in [-0.2, 0) is 4.79 Å². The van der Waals surface area contributed by atoms with Crippen LogP contribution in [0.25, 0.3) is 0 Å². The summed E-state index contributed by atoms with van der Waals surface area (Å²) >= 11 is 1.37. The van der Waals surface area contributed by atoms with E-state index in [9.17, 15) is 14.4 Å². The van der Waals surface area contributed by atoms with Gasteiger partial charge in [0.05, 0.1) is 4.88 Å². The highest BCUT2D eigenvalue weighted by Gasteiger charge is 2.12. The van der Waals surface area contributed by atoms with Crippen LogP contribution in [0, 0.1) is 0 Å². The molecule has 1 N–H and O–H groups in total. The van der Waals surface area contributed by atoms with Crippen molar-refractivity contribution in [2.75, 3.05) is 19.4 Å². The fourth-order valence-corrected chi connectivity index (χ4v) is 2.69. The summed E-state index contributed by atoms with van der Waals surface area (Å²) in [5.41, 5.74) is 1.05. The number of thiophene rings is 1. The number of carbonyl (C=O) groups excluding carboxylic acids is 3. The first kappa shape index (κ1) is 16.9. The largest absolute Gasteiger partial charge is 0.345 e. The first-order valence-electron chi connectivity index (χ1n) is 7.15. The molecule has 2 rings (SSSR count). The summed E-state index contributed by atoms with van der Waals surface area (Å²) in [4.78, 5) is 37.8. The zero-order chi connectivity index (χ0) is 16.8. The van der Waals surface area contributed by atoms with Gasteiger partial charge in [0.25, 0.3) is 5.91 Å². The second-order valence-corrected chi connectivity index (χ2v) is 6.18. The highest BCUT2D eigenvalue weighted by molar-refractivity contribution is 7.12. The van der Waals surface area contributed by atoms with Gasteiger partial charge in [0, 0.05) is 38.2 Å². The molecule has 6 heteroatoms. The third-order valence-electron chi connectivity index (χ3n) is 3.17. The standard InChI is InChI=1S/C17H18N2O3S/c1-19(2)17(22)12-5-3-6-13(11-12)18-16(21)9-8-14(20)15-7-4-10-23-15/h3-7,10-11H,8-9H2,1-2H3,(H,18,21). The summed E-state index contributed by atoms with van der Waals surface area (Å²) in [5.74, 6) is -0.412. The Morgan fingerprint density at radius 2 is 1.87 bits per heavy atom. The Morgan fingerprint density at radius 1 is 1.09 bits per heavy atom. The van der Waals surface area contributed by atoms with Crippen molar-refractivity contribution in [3.05, 3.63) is 52.2 Å². The van der Waals surface area contributed by atoms with Crippen molar-refractivity contribution >= 4 is 34.6 Å². The van der Waals surface area contributed by atoms with E-state index < -0.39 is 0 Å². The van der Waals surface area contributed by atoms with Gasteiger partial charge in [0.1, 0.15) is 0 Å². The monoisotopic (exact) mass is 330 g/mol. The van der Waals surface area contributed by atoms with Crippen molar-refractivity contribution in [3.63, 3.8) is 0 Å². The van der Waals surface area contributed by atoms with Gasteiger partial charge < -0.3 is 10.2 Å². The number of benzene rings is 1. The Labute approximate surface area is 138 Å². The zero-order valence-electron chi connectivity index (χ0n) is 13.0. The number of nitrogens with zero attached hydrogens (tertiary/aromatic N) is 1. The summed E-state index contributed by atoms with van der Waals surface area (Å²) in [6, 6.07) is 10.3. The van der Waals surface area contributed by atoms with Gasteiger partial charge >= 0.3 is 0 Å². The molecular weight excluding hydrogens is 312 g/mol. The number of hydrogen-bond acceptors (Lipinski definition) is 4. The highest BCUT2D eigenvalue weighted by Crippen LogP contribution is 2.15. The van der Waals surface area contributed by atoms with Crippen molar-refractivity contribution in [1.29, 1.82) is 0 Å². The molecule has 1 heterocycles. The van der Waals surface area contributed by atoms with Gasteiger partial charge in [0.15, 0.2) is 5.78 Å². The van der Waals surface area contributed by atoms with Crippen LogP contribution in [0.1, 0.15) is 32.9 Å². The summed E-state index contributed by atoms with van der Waals surface area (Å²) in [6.45, 7) is 0. The van der Waals surface area contributed by atoms with Gasteiger partial charge in [-0.05, 0) is 29.6 Å². The molecule has 0 atom stereocenters. The van der Waals surface area contributed by atoms with Crippen LogP contribution in [0.4, 0.5) is 5.69 Å². The molecule has 0 aliphatic rings. The maximum atomic E-state index is 11.9. The van der Waals surface area contributed by atoms with E-state index in [1.807, 2.05) is 11.4 Å². The molecule has 120 valence electrons. The second-order valence-electron chi connectivity index (χ2n) is 5.23. The first-order chi connectivity index (χ1) is 11.0. The van der Waals surface area contributed by atoms with Gasteiger partial charge in [-0.15, -0.1) is 11.3 Å².